The summed E-state index contributed by atoms with van der Waals surface area (Å²) < 4.78 is 5.11. The van der Waals surface area contributed by atoms with Crippen LogP contribution in [0.4, 0.5) is 11.6 Å². The second kappa shape index (κ2) is 6.95. The van der Waals surface area contributed by atoms with Crippen molar-refractivity contribution < 1.29 is 4.74 Å². The van der Waals surface area contributed by atoms with Gasteiger partial charge in [-0.25, -0.2) is 0 Å². The summed E-state index contributed by atoms with van der Waals surface area (Å²) in [5.41, 5.74) is 2.70. The van der Waals surface area contributed by atoms with Crippen LogP contribution in [0.1, 0.15) is 12.5 Å². The molecule has 0 aliphatic rings. The van der Waals surface area contributed by atoms with Gasteiger partial charge in [-0.15, -0.1) is 10.2 Å². The fraction of sp³-hybridized carbons (Fsp3) is 0.167. The van der Waals surface area contributed by atoms with Crippen LogP contribution in [-0.2, 0) is 6.42 Å². The Balaban J connectivity index is 1.88. The number of rotatable bonds is 5. The average Bonchev–Trinajstić information content (AvgIpc) is 2.62. The summed E-state index contributed by atoms with van der Waals surface area (Å²) in [6.45, 7) is 2.07. The number of aromatic nitrogens is 3. The lowest BCUT2D eigenvalue weighted by Crippen LogP contribution is -2.15. The number of nitrogens with one attached hydrogen (secondary N) is 2. The molecule has 6 heteroatoms. The molecule has 0 unspecified atom stereocenters. The number of aryl methyl sites for hydroxylation is 1. The van der Waals surface area contributed by atoms with Gasteiger partial charge in [-0.2, -0.15) is 0 Å². The Hall–Kier alpha value is -3.15. The van der Waals surface area contributed by atoms with E-state index in [-0.39, 0.29) is 11.3 Å². The summed E-state index contributed by atoms with van der Waals surface area (Å²) in [6, 6.07) is 15.0. The van der Waals surface area contributed by atoms with Gasteiger partial charge in [0.2, 0.25) is 5.95 Å². The molecule has 24 heavy (non-hydrogen) atoms. The Morgan fingerprint density at radius 2 is 1.83 bits per heavy atom. The molecule has 0 aliphatic carbocycles. The van der Waals surface area contributed by atoms with E-state index in [0.717, 1.165) is 23.4 Å². The molecule has 3 rings (SSSR count). The summed E-state index contributed by atoms with van der Waals surface area (Å²) in [5, 5.41) is 11.3. The van der Waals surface area contributed by atoms with Gasteiger partial charge in [0.25, 0.3) is 5.56 Å². The van der Waals surface area contributed by atoms with E-state index in [0.29, 0.717) is 11.5 Å². The molecule has 0 saturated heterocycles. The number of anilines is 2. The van der Waals surface area contributed by atoms with Gasteiger partial charge >= 0.3 is 0 Å². The number of aromatic amines is 1. The van der Waals surface area contributed by atoms with E-state index >= 15 is 0 Å². The monoisotopic (exact) mass is 322 g/mol. The van der Waals surface area contributed by atoms with E-state index in [9.17, 15) is 4.79 Å². The summed E-state index contributed by atoms with van der Waals surface area (Å²) in [7, 11) is 1.59. The van der Waals surface area contributed by atoms with Crippen LogP contribution in [0, 0.1) is 0 Å². The molecule has 2 aromatic carbocycles. The summed E-state index contributed by atoms with van der Waals surface area (Å²) >= 11 is 0. The molecule has 0 saturated carbocycles. The van der Waals surface area contributed by atoms with Crippen molar-refractivity contribution in [2.45, 2.75) is 13.3 Å². The molecule has 0 bridgehead atoms. The molecule has 0 spiro atoms. The third-order valence-corrected chi connectivity index (χ3v) is 3.71. The van der Waals surface area contributed by atoms with Crippen LogP contribution in [-0.4, -0.2) is 22.3 Å². The van der Waals surface area contributed by atoms with E-state index < -0.39 is 0 Å². The Morgan fingerprint density at radius 3 is 2.50 bits per heavy atom. The lowest BCUT2D eigenvalue weighted by atomic mass is 10.1. The highest BCUT2D eigenvalue weighted by Crippen LogP contribution is 2.20. The van der Waals surface area contributed by atoms with Gasteiger partial charge < -0.3 is 10.1 Å². The fourth-order valence-corrected chi connectivity index (χ4v) is 2.41. The van der Waals surface area contributed by atoms with E-state index in [2.05, 4.69) is 27.4 Å². The topological polar surface area (TPSA) is 79.9 Å². The summed E-state index contributed by atoms with van der Waals surface area (Å²) in [4.78, 5) is 15.0. The van der Waals surface area contributed by atoms with Crippen LogP contribution < -0.4 is 15.6 Å². The van der Waals surface area contributed by atoms with Crippen molar-refractivity contribution >= 4 is 11.6 Å². The Morgan fingerprint density at radius 1 is 1.08 bits per heavy atom. The highest BCUT2D eigenvalue weighted by Gasteiger charge is 2.09. The zero-order valence-corrected chi connectivity index (χ0v) is 13.5. The smallest absolute Gasteiger partial charge is 0.279 e. The van der Waals surface area contributed by atoms with Gasteiger partial charge in [0, 0.05) is 11.3 Å². The van der Waals surface area contributed by atoms with Crippen LogP contribution >= 0.6 is 0 Å². The third kappa shape index (κ3) is 3.27. The van der Waals surface area contributed by atoms with Crippen LogP contribution in [0.5, 0.6) is 5.75 Å². The first kappa shape index (κ1) is 15.7. The Bertz CT molecular complexity index is 888. The molecule has 3 aromatic rings. The fourth-order valence-electron chi connectivity index (χ4n) is 2.41. The standard InChI is InChI=1S/C18H18N4O2/c1-3-12-6-4-5-7-15(12)19-18-20-17(23)16(21-22-18)13-8-10-14(24-2)11-9-13/h4-11H,3H2,1-2H3,(H2,19,20,22,23). The average molecular weight is 322 g/mol. The first-order valence-electron chi connectivity index (χ1n) is 7.67. The number of hydrogen-bond acceptors (Lipinski definition) is 5. The normalized spacial score (nSPS) is 10.4. The maximum absolute atomic E-state index is 12.3. The first-order chi connectivity index (χ1) is 11.7. The molecule has 1 aromatic heterocycles. The number of benzene rings is 2. The largest absolute Gasteiger partial charge is 0.497 e. The molecule has 1 heterocycles. The van der Waals surface area contributed by atoms with Crippen LogP contribution in [0.15, 0.2) is 53.3 Å². The Kier molecular flexibility index (Phi) is 4.56. The molecule has 122 valence electrons. The van der Waals surface area contributed by atoms with Gasteiger partial charge in [-0.1, -0.05) is 25.1 Å². The quantitative estimate of drug-likeness (QED) is 0.754. The molecule has 2 N–H and O–H groups in total. The number of methoxy groups -OCH3 is 1. The van der Waals surface area contributed by atoms with Crippen molar-refractivity contribution in [3.8, 4) is 17.0 Å². The van der Waals surface area contributed by atoms with Gasteiger partial charge in [-0.05, 0) is 42.3 Å². The first-order valence-corrected chi connectivity index (χ1v) is 7.67. The summed E-state index contributed by atoms with van der Waals surface area (Å²) in [6.07, 6.45) is 0.880. The second-order valence-corrected chi connectivity index (χ2v) is 5.22. The number of ether oxygens (including phenoxy) is 1. The SMILES string of the molecule is CCc1ccccc1Nc1nnc(-c2ccc(OC)cc2)c(=O)[nH]1. The summed E-state index contributed by atoms with van der Waals surface area (Å²) in [5.74, 6) is 1.04. The lowest BCUT2D eigenvalue weighted by molar-refractivity contribution is 0.415. The zero-order valence-electron chi connectivity index (χ0n) is 13.5. The van der Waals surface area contributed by atoms with Crippen LogP contribution in [0.2, 0.25) is 0 Å². The van der Waals surface area contributed by atoms with Crippen molar-refractivity contribution in [1.29, 1.82) is 0 Å². The molecule has 0 fully saturated rings. The maximum atomic E-state index is 12.3. The van der Waals surface area contributed by atoms with Gasteiger partial charge in [-0.3, -0.25) is 9.78 Å². The second-order valence-electron chi connectivity index (χ2n) is 5.22. The molecular weight excluding hydrogens is 304 g/mol. The molecule has 0 aliphatic heterocycles. The highest BCUT2D eigenvalue weighted by molar-refractivity contribution is 5.61. The van der Waals surface area contributed by atoms with Crippen molar-refractivity contribution in [1.82, 2.24) is 15.2 Å². The Labute approximate surface area is 139 Å². The lowest BCUT2D eigenvalue weighted by Gasteiger charge is -2.09. The van der Waals surface area contributed by atoms with Gasteiger partial charge in [0.05, 0.1) is 7.11 Å². The minimum atomic E-state index is -0.299. The highest BCUT2D eigenvalue weighted by atomic mass is 16.5. The minimum Gasteiger partial charge on any atom is -0.497 e. The number of para-hydroxylation sites is 1. The van der Waals surface area contributed by atoms with E-state index in [1.807, 2.05) is 24.3 Å². The van der Waals surface area contributed by atoms with Crippen molar-refractivity contribution in [3.63, 3.8) is 0 Å². The number of nitrogens with zero attached hydrogens (tertiary/aromatic N) is 2. The van der Waals surface area contributed by atoms with E-state index in [1.165, 1.54) is 0 Å². The maximum Gasteiger partial charge on any atom is 0.279 e. The van der Waals surface area contributed by atoms with E-state index in [1.54, 1.807) is 31.4 Å². The molecular formula is C18H18N4O2. The molecule has 0 radical (unpaired) electrons. The third-order valence-electron chi connectivity index (χ3n) is 3.71. The van der Waals surface area contributed by atoms with Crippen LogP contribution in [0.25, 0.3) is 11.3 Å². The van der Waals surface area contributed by atoms with Crippen molar-refractivity contribution in [3.05, 3.63) is 64.4 Å². The number of hydrogen-bond donors (Lipinski definition) is 2. The molecule has 0 amide bonds. The van der Waals surface area contributed by atoms with Crippen molar-refractivity contribution in [2.75, 3.05) is 12.4 Å². The zero-order chi connectivity index (χ0) is 16.9. The predicted molar refractivity (Wildman–Crippen MR) is 93.7 cm³/mol. The minimum absolute atomic E-state index is 0.270. The van der Waals surface area contributed by atoms with Gasteiger partial charge in [0.1, 0.15) is 5.75 Å². The number of H-pyrrole nitrogens is 1. The van der Waals surface area contributed by atoms with E-state index in [4.69, 9.17) is 4.74 Å². The van der Waals surface area contributed by atoms with Crippen molar-refractivity contribution in [2.24, 2.45) is 0 Å². The molecule has 6 nitrogen and oxygen atoms in total. The van der Waals surface area contributed by atoms with Crippen LogP contribution in [0.3, 0.4) is 0 Å². The predicted octanol–water partition coefficient (Wildman–Crippen LogP) is 3.15. The van der Waals surface area contributed by atoms with Gasteiger partial charge in [0.15, 0.2) is 5.69 Å². The molecule has 0 atom stereocenters.